The van der Waals surface area contributed by atoms with E-state index in [1.54, 1.807) is 12.1 Å². The molecule has 3 rings (SSSR count). The Morgan fingerprint density at radius 3 is 1.88 bits per heavy atom. The Balaban J connectivity index is 1.90. The number of carbonyl (C=O) groups excluding carboxylic acids is 2. The lowest BCUT2D eigenvalue weighted by Gasteiger charge is -2.16. The molecule has 0 bridgehead atoms. The van der Waals surface area contributed by atoms with E-state index in [1.807, 2.05) is 79.7 Å². The zero-order valence-electron chi connectivity index (χ0n) is 14.2. The van der Waals surface area contributed by atoms with Crippen molar-refractivity contribution in [3.63, 3.8) is 0 Å². The Morgan fingerprint density at radius 2 is 1.28 bits per heavy atom. The number of ketones is 2. The molecule has 0 aliphatic carbocycles. The van der Waals surface area contributed by atoms with Crippen molar-refractivity contribution in [1.29, 1.82) is 0 Å². The molecular weight excluding hydrogens is 308 g/mol. The summed E-state index contributed by atoms with van der Waals surface area (Å²) in [6, 6.07) is 26.2. The molecule has 0 aliphatic heterocycles. The summed E-state index contributed by atoms with van der Waals surface area (Å²) in [6.45, 7) is 1.99. The number of Topliss-reactive ketones (excluding diaryl/α,β-unsaturated/α-hetero) is 2. The summed E-state index contributed by atoms with van der Waals surface area (Å²) in [5.41, 5.74) is 3.26. The average Bonchev–Trinajstić information content (AvgIpc) is 2.67. The normalized spacial score (nSPS) is 11.7. The van der Waals surface area contributed by atoms with Crippen molar-refractivity contribution in [2.45, 2.75) is 19.3 Å². The van der Waals surface area contributed by atoms with E-state index in [4.69, 9.17) is 0 Å². The van der Waals surface area contributed by atoms with Crippen LogP contribution in [0.3, 0.4) is 0 Å². The molecule has 124 valence electrons. The van der Waals surface area contributed by atoms with E-state index in [0.717, 1.165) is 11.1 Å². The molecule has 0 amide bonds. The Hall–Kier alpha value is -3.00. The molecule has 3 aromatic carbocycles. The summed E-state index contributed by atoms with van der Waals surface area (Å²) in [4.78, 5) is 25.7. The van der Waals surface area contributed by atoms with Crippen LogP contribution in [0.15, 0.2) is 84.9 Å². The second-order valence-electron chi connectivity index (χ2n) is 6.19. The number of carbonyl (C=O) groups is 2. The molecule has 0 aromatic heterocycles. The highest BCUT2D eigenvalue weighted by Crippen LogP contribution is 2.26. The van der Waals surface area contributed by atoms with Gasteiger partial charge in [0.2, 0.25) is 0 Å². The fourth-order valence-corrected chi connectivity index (χ4v) is 2.89. The topological polar surface area (TPSA) is 34.1 Å². The van der Waals surface area contributed by atoms with E-state index in [1.165, 1.54) is 0 Å². The van der Waals surface area contributed by atoms with Gasteiger partial charge in [0, 0.05) is 17.5 Å². The summed E-state index contributed by atoms with van der Waals surface area (Å²) in [6.07, 6.45) is 0.167. The molecule has 3 aromatic rings. The number of hydrogen-bond donors (Lipinski definition) is 0. The third-order valence-electron chi connectivity index (χ3n) is 4.34. The molecule has 2 nitrogen and oxygen atoms in total. The molecular formula is C23H20O2. The lowest BCUT2D eigenvalue weighted by atomic mass is 9.85. The lowest BCUT2D eigenvalue weighted by molar-refractivity contribution is 0.0893. The maximum Gasteiger partial charge on any atom is 0.170 e. The van der Waals surface area contributed by atoms with E-state index >= 15 is 0 Å². The van der Waals surface area contributed by atoms with Crippen LogP contribution in [0.1, 0.15) is 44.2 Å². The Labute approximate surface area is 148 Å². The summed E-state index contributed by atoms with van der Waals surface area (Å²) in [7, 11) is 0. The molecule has 2 heteroatoms. The quantitative estimate of drug-likeness (QED) is 0.580. The van der Waals surface area contributed by atoms with E-state index in [0.29, 0.717) is 11.1 Å². The first-order chi connectivity index (χ1) is 12.1. The van der Waals surface area contributed by atoms with Crippen LogP contribution in [0.5, 0.6) is 0 Å². The van der Waals surface area contributed by atoms with Crippen molar-refractivity contribution < 1.29 is 9.59 Å². The van der Waals surface area contributed by atoms with Crippen LogP contribution in [0.2, 0.25) is 0 Å². The van der Waals surface area contributed by atoms with Gasteiger partial charge in [-0.2, -0.15) is 0 Å². The monoisotopic (exact) mass is 328 g/mol. The Kier molecular flexibility index (Phi) is 5.20. The van der Waals surface area contributed by atoms with Crippen LogP contribution < -0.4 is 0 Å². The smallest absolute Gasteiger partial charge is 0.170 e. The van der Waals surface area contributed by atoms with Crippen molar-refractivity contribution >= 4 is 11.6 Å². The molecule has 1 atom stereocenters. The molecule has 0 N–H and O–H groups in total. The van der Waals surface area contributed by atoms with E-state index in [2.05, 4.69) is 0 Å². The molecule has 0 saturated heterocycles. The highest BCUT2D eigenvalue weighted by atomic mass is 16.1. The molecule has 0 fully saturated rings. The minimum atomic E-state index is -0.475. The summed E-state index contributed by atoms with van der Waals surface area (Å²) >= 11 is 0. The first-order valence-electron chi connectivity index (χ1n) is 8.39. The van der Waals surface area contributed by atoms with Gasteiger partial charge in [0.05, 0.1) is 5.92 Å². The van der Waals surface area contributed by atoms with Crippen LogP contribution in [-0.2, 0) is 0 Å². The van der Waals surface area contributed by atoms with Crippen molar-refractivity contribution in [2.75, 3.05) is 0 Å². The standard InChI is InChI=1S/C23H20O2/c1-17-12-14-19(15-13-17)22(24)16-21(18-8-4-2-5-9-18)23(25)20-10-6-3-7-11-20/h2-15,21H,16H2,1H3/t21-/m1/s1. The zero-order chi connectivity index (χ0) is 17.6. The number of hydrogen-bond acceptors (Lipinski definition) is 2. The predicted octanol–water partition coefficient (Wildman–Crippen LogP) is 5.23. The minimum absolute atomic E-state index is 0.0156. The highest BCUT2D eigenvalue weighted by molar-refractivity contribution is 6.06. The fourth-order valence-electron chi connectivity index (χ4n) is 2.89. The Bertz CT molecular complexity index is 850. The van der Waals surface area contributed by atoms with Crippen molar-refractivity contribution in [1.82, 2.24) is 0 Å². The van der Waals surface area contributed by atoms with Gasteiger partial charge in [-0.1, -0.05) is 90.5 Å². The van der Waals surface area contributed by atoms with Gasteiger partial charge in [-0.15, -0.1) is 0 Å². The van der Waals surface area contributed by atoms with Gasteiger partial charge in [0.15, 0.2) is 11.6 Å². The molecule has 0 radical (unpaired) electrons. The van der Waals surface area contributed by atoms with Crippen molar-refractivity contribution in [3.05, 3.63) is 107 Å². The molecule has 0 saturated carbocycles. The van der Waals surface area contributed by atoms with Gasteiger partial charge < -0.3 is 0 Å². The van der Waals surface area contributed by atoms with Crippen molar-refractivity contribution in [3.8, 4) is 0 Å². The van der Waals surface area contributed by atoms with E-state index in [9.17, 15) is 9.59 Å². The predicted molar refractivity (Wildman–Crippen MR) is 100 cm³/mol. The third-order valence-corrected chi connectivity index (χ3v) is 4.34. The maximum absolute atomic E-state index is 13.0. The van der Waals surface area contributed by atoms with Crippen LogP contribution >= 0.6 is 0 Å². The Morgan fingerprint density at radius 1 is 0.720 bits per heavy atom. The largest absolute Gasteiger partial charge is 0.294 e. The molecule has 0 unspecified atom stereocenters. The van der Waals surface area contributed by atoms with Crippen LogP contribution in [0, 0.1) is 6.92 Å². The summed E-state index contributed by atoms with van der Waals surface area (Å²) < 4.78 is 0. The van der Waals surface area contributed by atoms with Gasteiger partial charge in [-0.25, -0.2) is 0 Å². The van der Waals surface area contributed by atoms with Gasteiger partial charge in [-0.05, 0) is 12.5 Å². The first kappa shape index (κ1) is 16.8. The SMILES string of the molecule is Cc1ccc(C(=O)C[C@@H](C(=O)c2ccccc2)c2ccccc2)cc1. The van der Waals surface area contributed by atoms with E-state index in [-0.39, 0.29) is 18.0 Å². The second kappa shape index (κ2) is 7.71. The molecule has 25 heavy (non-hydrogen) atoms. The van der Waals surface area contributed by atoms with Gasteiger partial charge in [0.25, 0.3) is 0 Å². The molecule has 0 spiro atoms. The van der Waals surface area contributed by atoms with Crippen LogP contribution in [0.4, 0.5) is 0 Å². The number of aryl methyl sites for hydroxylation is 1. The number of benzene rings is 3. The summed E-state index contributed by atoms with van der Waals surface area (Å²) in [5.74, 6) is -0.511. The average molecular weight is 328 g/mol. The fraction of sp³-hybridized carbons (Fsp3) is 0.130. The molecule has 0 aliphatic rings. The van der Waals surface area contributed by atoms with Gasteiger partial charge in [0.1, 0.15) is 0 Å². The number of rotatable bonds is 6. The lowest BCUT2D eigenvalue weighted by Crippen LogP contribution is -2.17. The van der Waals surface area contributed by atoms with Crippen molar-refractivity contribution in [2.24, 2.45) is 0 Å². The highest BCUT2D eigenvalue weighted by Gasteiger charge is 2.25. The summed E-state index contributed by atoms with van der Waals surface area (Å²) in [5, 5.41) is 0. The van der Waals surface area contributed by atoms with Crippen LogP contribution in [-0.4, -0.2) is 11.6 Å². The first-order valence-corrected chi connectivity index (χ1v) is 8.39. The zero-order valence-corrected chi connectivity index (χ0v) is 14.2. The third kappa shape index (κ3) is 4.10. The van der Waals surface area contributed by atoms with Gasteiger partial charge in [-0.3, -0.25) is 9.59 Å². The van der Waals surface area contributed by atoms with Gasteiger partial charge >= 0.3 is 0 Å². The maximum atomic E-state index is 13.0. The second-order valence-corrected chi connectivity index (χ2v) is 6.19. The van der Waals surface area contributed by atoms with Crippen LogP contribution in [0.25, 0.3) is 0 Å². The minimum Gasteiger partial charge on any atom is -0.294 e. The van der Waals surface area contributed by atoms with E-state index < -0.39 is 5.92 Å². The molecule has 0 heterocycles.